The summed E-state index contributed by atoms with van der Waals surface area (Å²) >= 11 is 0. The monoisotopic (exact) mass is 260 g/mol. The molecule has 0 amide bonds. The third-order valence-corrected chi connectivity index (χ3v) is 3.81. The fourth-order valence-electron chi connectivity index (χ4n) is 3.58. The number of hydrogen-bond acceptors (Lipinski definition) is 3. The Morgan fingerprint density at radius 1 is 1.16 bits per heavy atom. The summed E-state index contributed by atoms with van der Waals surface area (Å²) in [5.74, 6) is -0.829. The van der Waals surface area contributed by atoms with Crippen LogP contribution in [0.25, 0.3) is 0 Å². The summed E-state index contributed by atoms with van der Waals surface area (Å²) in [5.41, 5.74) is 1.25. The van der Waals surface area contributed by atoms with Gasteiger partial charge in [0.1, 0.15) is 0 Å². The molecule has 1 fully saturated rings. The molecular weight excluding hydrogens is 238 g/mol. The van der Waals surface area contributed by atoms with Crippen LogP contribution in [0.1, 0.15) is 62.4 Å². The van der Waals surface area contributed by atoms with Gasteiger partial charge in [-0.15, -0.1) is 0 Å². The minimum Gasteiger partial charge on any atom is -0.545 e. The van der Waals surface area contributed by atoms with Crippen molar-refractivity contribution in [1.82, 2.24) is 5.32 Å². The zero-order valence-electron chi connectivity index (χ0n) is 12.1. The van der Waals surface area contributed by atoms with Crippen LogP contribution in [0.5, 0.6) is 0 Å². The highest BCUT2D eigenvalue weighted by atomic mass is 16.4. The number of carboxylic acid groups (broad SMARTS) is 1. The Balaban J connectivity index is 2.39. The lowest BCUT2D eigenvalue weighted by Crippen LogP contribution is -2.57. The summed E-state index contributed by atoms with van der Waals surface area (Å²) in [6.07, 6.45) is 1.86. The van der Waals surface area contributed by atoms with Gasteiger partial charge in [0, 0.05) is 16.6 Å². The van der Waals surface area contributed by atoms with E-state index in [1.165, 1.54) is 0 Å². The molecule has 0 spiro atoms. The highest BCUT2D eigenvalue weighted by Crippen LogP contribution is 2.39. The number of nitrogens with one attached hydrogen (secondary N) is 1. The lowest BCUT2D eigenvalue weighted by molar-refractivity contribution is -0.255. The Labute approximate surface area is 115 Å². The maximum atomic E-state index is 11.3. The number of aromatic carboxylic acids is 1. The third kappa shape index (κ3) is 3.16. The molecule has 0 aromatic heterocycles. The van der Waals surface area contributed by atoms with Gasteiger partial charge in [0.05, 0.1) is 5.97 Å². The molecule has 0 atom stereocenters. The molecule has 1 aliphatic heterocycles. The van der Waals surface area contributed by atoms with Crippen molar-refractivity contribution in [2.45, 2.75) is 57.5 Å². The standard InChI is InChI=1S/C16H23NO2/c1-15(2)9-11(10-16(3,4)17-15)12-7-5-6-8-13(12)14(18)19/h5-8,11,17H,9-10H2,1-4H3,(H,18,19)/p-1. The highest BCUT2D eigenvalue weighted by molar-refractivity contribution is 5.87. The molecule has 0 saturated carbocycles. The predicted molar refractivity (Wildman–Crippen MR) is 74.0 cm³/mol. The van der Waals surface area contributed by atoms with Crippen molar-refractivity contribution in [3.63, 3.8) is 0 Å². The van der Waals surface area contributed by atoms with Crippen molar-refractivity contribution in [2.75, 3.05) is 0 Å². The van der Waals surface area contributed by atoms with Gasteiger partial charge < -0.3 is 15.2 Å². The molecule has 0 aliphatic carbocycles. The van der Waals surface area contributed by atoms with E-state index in [4.69, 9.17) is 0 Å². The average molecular weight is 260 g/mol. The van der Waals surface area contributed by atoms with Gasteiger partial charge >= 0.3 is 0 Å². The molecule has 2 rings (SSSR count). The van der Waals surface area contributed by atoms with Crippen LogP contribution >= 0.6 is 0 Å². The van der Waals surface area contributed by atoms with Crippen LogP contribution in [0.4, 0.5) is 0 Å². The molecule has 1 aliphatic rings. The van der Waals surface area contributed by atoms with E-state index in [-0.39, 0.29) is 17.0 Å². The van der Waals surface area contributed by atoms with Gasteiger partial charge in [-0.05, 0) is 52.0 Å². The van der Waals surface area contributed by atoms with E-state index >= 15 is 0 Å². The molecular formula is C16H22NO2-. The van der Waals surface area contributed by atoms with Crippen molar-refractivity contribution in [3.8, 4) is 0 Å². The first kappa shape index (κ1) is 14.1. The summed E-state index contributed by atoms with van der Waals surface area (Å²) in [6.45, 7) is 8.68. The maximum Gasteiger partial charge on any atom is 0.0718 e. The van der Waals surface area contributed by atoms with Gasteiger partial charge in [-0.2, -0.15) is 0 Å². The second-order valence-corrected chi connectivity index (χ2v) is 6.87. The number of carbonyl (C=O) groups excluding carboxylic acids is 1. The second-order valence-electron chi connectivity index (χ2n) is 6.87. The van der Waals surface area contributed by atoms with Gasteiger partial charge in [0.15, 0.2) is 0 Å². The van der Waals surface area contributed by atoms with E-state index in [2.05, 4.69) is 33.0 Å². The number of carboxylic acids is 1. The van der Waals surface area contributed by atoms with Gasteiger partial charge in [-0.25, -0.2) is 0 Å². The van der Waals surface area contributed by atoms with Crippen LogP contribution < -0.4 is 10.4 Å². The summed E-state index contributed by atoms with van der Waals surface area (Å²) in [4.78, 5) is 11.3. The van der Waals surface area contributed by atoms with Crippen molar-refractivity contribution in [3.05, 3.63) is 35.4 Å². The first-order valence-electron chi connectivity index (χ1n) is 6.80. The zero-order chi connectivity index (χ0) is 14.3. The van der Waals surface area contributed by atoms with Crippen molar-refractivity contribution in [1.29, 1.82) is 0 Å². The number of piperidine rings is 1. The predicted octanol–water partition coefficient (Wildman–Crippen LogP) is 2.07. The Bertz CT molecular complexity index is 475. The van der Waals surface area contributed by atoms with Crippen LogP contribution in [0.15, 0.2) is 24.3 Å². The topological polar surface area (TPSA) is 52.2 Å². The first-order chi connectivity index (χ1) is 8.70. The van der Waals surface area contributed by atoms with Gasteiger partial charge in [0.2, 0.25) is 0 Å². The molecule has 0 unspecified atom stereocenters. The van der Waals surface area contributed by atoms with Crippen LogP contribution in [-0.2, 0) is 0 Å². The molecule has 1 N–H and O–H groups in total. The fourth-order valence-corrected chi connectivity index (χ4v) is 3.58. The number of rotatable bonds is 2. The smallest absolute Gasteiger partial charge is 0.0718 e. The number of hydrogen-bond donors (Lipinski definition) is 1. The van der Waals surface area contributed by atoms with Crippen molar-refractivity contribution >= 4 is 5.97 Å². The van der Waals surface area contributed by atoms with E-state index in [9.17, 15) is 9.90 Å². The molecule has 3 heteroatoms. The minimum atomic E-state index is -1.08. The van der Waals surface area contributed by atoms with E-state index in [0.717, 1.165) is 18.4 Å². The molecule has 1 aromatic carbocycles. The first-order valence-corrected chi connectivity index (χ1v) is 6.80. The molecule has 1 saturated heterocycles. The van der Waals surface area contributed by atoms with Gasteiger partial charge in [0.25, 0.3) is 0 Å². The molecule has 0 bridgehead atoms. The summed E-state index contributed by atoms with van der Waals surface area (Å²) in [5, 5.41) is 14.9. The Hall–Kier alpha value is -1.35. The minimum absolute atomic E-state index is 0.00542. The second kappa shape index (κ2) is 4.64. The molecule has 0 radical (unpaired) electrons. The fraction of sp³-hybridized carbons (Fsp3) is 0.562. The molecule has 1 heterocycles. The summed E-state index contributed by atoms with van der Waals surface area (Å²) in [7, 11) is 0. The SMILES string of the molecule is CC1(C)CC(c2ccccc2C(=O)[O-])CC(C)(C)N1. The maximum absolute atomic E-state index is 11.3. The Morgan fingerprint density at radius 3 is 2.21 bits per heavy atom. The molecule has 19 heavy (non-hydrogen) atoms. The summed E-state index contributed by atoms with van der Waals surface area (Å²) in [6, 6.07) is 7.23. The van der Waals surface area contributed by atoms with Crippen molar-refractivity contribution in [2.24, 2.45) is 0 Å². The average Bonchev–Trinajstić information content (AvgIpc) is 2.24. The van der Waals surface area contributed by atoms with Gasteiger partial charge in [-0.1, -0.05) is 24.3 Å². The number of carbonyl (C=O) groups is 1. The van der Waals surface area contributed by atoms with E-state index in [1.54, 1.807) is 12.1 Å². The normalized spacial score (nSPS) is 22.1. The lowest BCUT2D eigenvalue weighted by Gasteiger charge is -2.47. The Morgan fingerprint density at radius 2 is 1.68 bits per heavy atom. The van der Waals surface area contributed by atoms with E-state index in [1.807, 2.05) is 12.1 Å². The van der Waals surface area contributed by atoms with Crippen LogP contribution in [0.3, 0.4) is 0 Å². The van der Waals surface area contributed by atoms with Crippen LogP contribution in [0, 0.1) is 0 Å². The molecule has 1 aromatic rings. The van der Waals surface area contributed by atoms with Crippen LogP contribution in [-0.4, -0.2) is 17.0 Å². The molecule has 104 valence electrons. The van der Waals surface area contributed by atoms with E-state index in [0.29, 0.717) is 5.56 Å². The Kier molecular flexibility index (Phi) is 3.43. The largest absolute Gasteiger partial charge is 0.545 e. The van der Waals surface area contributed by atoms with Gasteiger partial charge in [-0.3, -0.25) is 0 Å². The van der Waals surface area contributed by atoms with Crippen molar-refractivity contribution < 1.29 is 9.90 Å². The highest BCUT2D eigenvalue weighted by Gasteiger charge is 2.38. The van der Waals surface area contributed by atoms with Crippen LogP contribution in [0.2, 0.25) is 0 Å². The zero-order valence-corrected chi connectivity index (χ0v) is 12.1. The lowest BCUT2D eigenvalue weighted by atomic mass is 9.72. The third-order valence-electron chi connectivity index (χ3n) is 3.81. The summed E-state index contributed by atoms with van der Waals surface area (Å²) < 4.78 is 0. The van der Waals surface area contributed by atoms with E-state index < -0.39 is 5.97 Å². The quantitative estimate of drug-likeness (QED) is 0.885. The molecule has 3 nitrogen and oxygen atoms in total. The number of benzene rings is 1.